The van der Waals surface area contributed by atoms with E-state index in [-0.39, 0.29) is 35.5 Å². The van der Waals surface area contributed by atoms with Gasteiger partial charge >= 0.3 is 23.1 Å². The van der Waals surface area contributed by atoms with Crippen LogP contribution in [0.2, 0.25) is 0 Å². The molecule has 0 aliphatic carbocycles. The Balaban J connectivity index is -0.000000320. The zero-order valence-electron chi connectivity index (χ0n) is 7.28. The molecule has 0 bridgehead atoms. The fraction of sp³-hybridized carbons (Fsp3) is 0.444. The van der Waals surface area contributed by atoms with Crippen LogP contribution in [0.1, 0.15) is 19.8 Å². The van der Waals surface area contributed by atoms with Crippen LogP contribution in [-0.4, -0.2) is 23.1 Å². The van der Waals surface area contributed by atoms with Crippen LogP contribution in [0.15, 0.2) is 24.8 Å². The first-order chi connectivity index (χ1) is 4.18. The van der Waals surface area contributed by atoms with Gasteiger partial charge in [0.05, 0.1) is 0 Å². The third kappa shape index (κ3) is 10.5. The van der Waals surface area contributed by atoms with E-state index in [1.165, 1.54) is 0 Å². The molecule has 0 fully saturated rings. The zero-order chi connectivity index (χ0) is 7.28. The van der Waals surface area contributed by atoms with Crippen LogP contribution in [0.5, 0.6) is 0 Å². The first kappa shape index (κ1) is 17.6. The maximum atomic E-state index is 3.93. The molecule has 0 rings (SSSR count). The molecular formula is C9H15ClMg. The maximum Gasteiger partial charge on any atom is 2.00 e. The van der Waals surface area contributed by atoms with Crippen molar-refractivity contribution in [3.8, 4) is 0 Å². The van der Waals surface area contributed by atoms with Crippen molar-refractivity contribution in [3.63, 3.8) is 0 Å². The van der Waals surface area contributed by atoms with Crippen LogP contribution in [0, 0.1) is 12.8 Å². The molecule has 0 heterocycles. The molecule has 0 aromatic heterocycles. The van der Waals surface area contributed by atoms with Crippen LogP contribution in [-0.2, 0) is 0 Å². The van der Waals surface area contributed by atoms with Crippen LogP contribution in [0.3, 0.4) is 0 Å². The summed E-state index contributed by atoms with van der Waals surface area (Å²) < 4.78 is 0. The molecule has 2 heteroatoms. The minimum absolute atomic E-state index is 0. The first-order valence-corrected chi connectivity index (χ1v) is 3.28. The van der Waals surface area contributed by atoms with Gasteiger partial charge in [-0.15, -0.1) is 24.6 Å². The van der Waals surface area contributed by atoms with Crippen molar-refractivity contribution in [2.45, 2.75) is 19.8 Å². The second-order valence-electron chi connectivity index (χ2n) is 2.41. The standard InChI is InChI=1S/C9H15.ClH.Mg/c1-5-6-7-9(4)8(2)3;;/h5,9H,1-2,4,6-7H2,3H3;1H;/q-1;;+2/p-1. The number of hydrogen-bond acceptors (Lipinski definition) is 0. The van der Waals surface area contributed by atoms with E-state index in [4.69, 9.17) is 0 Å². The van der Waals surface area contributed by atoms with Crippen molar-refractivity contribution in [3.05, 3.63) is 31.7 Å². The minimum atomic E-state index is 0. The van der Waals surface area contributed by atoms with Crippen LogP contribution in [0.25, 0.3) is 0 Å². The molecule has 1 atom stereocenters. The number of halogens is 1. The van der Waals surface area contributed by atoms with Crippen molar-refractivity contribution in [1.29, 1.82) is 0 Å². The Morgan fingerprint density at radius 3 is 2.36 bits per heavy atom. The van der Waals surface area contributed by atoms with Crippen LogP contribution >= 0.6 is 0 Å². The molecule has 1 unspecified atom stereocenters. The molecule has 0 aromatic carbocycles. The Morgan fingerprint density at radius 2 is 2.09 bits per heavy atom. The molecule has 0 spiro atoms. The van der Waals surface area contributed by atoms with Gasteiger partial charge in [0.15, 0.2) is 0 Å². The van der Waals surface area contributed by atoms with Crippen molar-refractivity contribution < 1.29 is 12.4 Å². The molecular weight excluding hydrogens is 168 g/mol. The summed E-state index contributed by atoms with van der Waals surface area (Å²) in [4.78, 5) is 0. The van der Waals surface area contributed by atoms with E-state index >= 15 is 0 Å². The number of allylic oxidation sites excluding steroid dienone is 2. The summed E-state index contributed by atoms with van der Waals surface area (Å²) in [5.41, 5.74) is 1.16. The molecule has 0 N–H and O–H groups in total. The molecule has 0 aliphatic heterocycles. The molecule has 60 valence electrons. The Bertz CT molecular complexity index is 110. The normalized spacial score (nSPS) is 10.4. The van der Waals surface area contributed by atoms with Crippen molar-refractivity contribution >= 4 is 23.1 Å². The van der Waals surface area contributed by atoms with Gasteiger partial charge in [-0.3, -0.25) is 0 Å². The second-order valence-corrected chi connectivity index (χ2v) is 2.41. The van der Waals surface area contributed by atoms with Gasteiger partial charge in [-0.05, 0) is 13.3 Å². The first-order valence-electron chi connectivity index (χ1n) is 3.28. The molecule has 0 amide bonds. The van der Waals surface area contributed by atoms with E-state index in [9.17, 15) is 0 Å². The predicted molar refractivity (Wildman–Crippen MR) is 48.8 cm³/mol. The third-order valence-corrected chi connectivity index (χ3v) is 1.42. The van der Waals surface area contributed by atoms with Crippen molar-refractivity contribution in [2.24, 2.45) is 5.92 Å². The molecule has 0 aromatic rings. The largest absolute Gasteiger partial charge is 2.00 e. The summed E-state index contributed by atoms with van der Waals surface area (Å²) >= 11 is 0. The Morgan fingerprint density at radius 1 is 1.64 bits per heavy atom. The van der Waals surface area contributed by atoms with Gasteiger partial charge in [0, 0.05) is 0 Å². The minimum Gasteiger partial charge on any atom is -1.00 e. The van der Waals surface area contributed by atoms with Gasteiger partial charge < -0.3 is 19.3 Å². The average Bonchev–Trinajstić information content (AvgIpc) is 1.82. The van der Waals surface area contributed by atoms with Crippen LogP contribution < -0.4 is 12.4 Å². The molecule has 0 aliphatic rings. The van der Waals surface area contributed by atoms with Gasteiger partial charge in [0.2, 0.25) is 0 Å². The van der Waals surface area contributed by atoms with Gasteiger partial charge in [-0.2, -0.15) is 0 Å². The Labute approximate surface area is 92.7 Å². The van der Waals surface area contributed by atoms with Gasteiger partial charge in [-0.1, -0.05) is 12.5 Å². The summed E-state index contributed by atoms with van der Waals surface area (Å²) in [6.45, 7) is 13.4. The van der Waals surface area contributed by atoms with E-state index < -0.39 is 0 Å². The fourth-order valence-corrected chi connectivity index (χ4v) is 0.565. The van der Waals surface area contributed by atoms with E-state index in [0.29, 0.717) is 5.92 Å². The Kier molecular flexibility index (Phi) is 16.8. The van der Waals surface area contributed by atoms with E-state index in [0.717, 1.165) is 18.4 Å². The van der Waals surface area contributed by atoms with E-state index in [1.54, 1.807) is 0 Å². The molecule has 0 nitrogen and oxygen atoms in total. The fourth-order valence-electron chi connectivity index (χ4n) is 0.565. The Hall–Kier alpha value is 0.536. The zero-order valence-corrected chi connectivity index (χ0v) is 9.45. The van der Waals surface area contributed by atoms with E-state index in [1.807, 2.05) is 13.0 Å². The monoisotopic (exact) mass is 182 g/mol. The van der Waals surface area contributed by atoms with Gasteiger partial charge in [0.25, 0.3) is 0 Å². The smallest absolute Gasteiger partial charge is 1.00 e. The maximum absolute atomic E-state index is 3.93. The summed E-state index contributed by atoms with van der Waals surface area (Å²) in [6.07, 6.45) is 4.04. The summed E-state index contributed by atoms with van der Waals surface area (Å²) in [5.74, 6) is 0.406. The molecule has 11 heavy (non-hydrogen) atoms. The predicted octanol–water partition coefficient (Wildman–Crippen LogP) is -0.398. The van der Waals surface area contributed by atoms with Gasteiger partial charge in [-0.25, -0.2) is 0 Å². The van der Waals surface area contributed by atoms with Gasteiger partial charge in [0.1, 0.15) is 0 Å². The molecule has 0 radical (unpaired) electrons. The average molecular weight is 183 g/mol. The summed E-state index contributed by atoms with van der Waals surface area (Å²) in [6, 6.07) is 0. The topological polar surface area (TPSA) is 0 Å². The van der Waals surface area contributed by atoms with Crippen molar-refractivity contribution in [2.75, 3.05) is 0 Å². The SMILES string of the molecule is C=CCCC([CH2-])C(=C)C.[Cl-].[Mg+2]. The number of hydrogen-bond donors (Lipinski definition) is 0. The molecule has 0 saturated carbocycles. The van der Waals surface area contributed by atoms with Crippen molar-refractivity contribution in [1.82, 2.24) is 0 Å². The molecule has 0 saturated heterocycles. The summed E-state index contributed by atoms with van der Waals surface area (Å²) in [5, 5.41) is 0. The summed E-state index contributed by atoms with van der Waals surface area (Å²) in [7, 11) is 0. The second kappa shape index (κ2) is 10.5. The quantitative estimate of drug-likeness (QED) is 0.316. The third-order valence-electron chi connectivity index (χ3n) is 1.42. The van der Waals surface area contributed by atoms with E-state index in [2.05, 4.69) is 20.1 Å². The van der Waals surface area contributed by atoms with Crippen LogP contribution in [0.4, 0.5) is 0 Å². The number of rotatable bonds is 4.